The summed E-state index contributed by atoms with van der Waals surface area (Å²) in [4.78, 5) is 17.7. The monoisotopic (exact) mass is 418 g/mol. The lowest BCUT2D eigenvalue weighted by Gasteiger charge is -2.04. The third kappa shape index (κ3) is 6.67. The number of thiazole rings is 1. The third-order valence-corrected chi connectivity index (χ3v) is 5.95. The number of carbonyl (C=O) groups is 1. The molecule has 3 rings (SSSR count). The molecule has 0 unspecified atom stereocenters. The van der Waals surface area contributed by atoms with Gasteiger partial charge in [-0.15, -0.1) is 11.3 Å². The first-order chi connectivity index (χ1) is 14.5. The minimum absolute atomic E-state index is 0.163. The van der Waals surface area contributed by atoms with E-state index in [1.165, 1.54) is 40.9 Å². The van der Waals surface area contributed by atoms with Gasteiger partial charge in [0.25, 0.3) is 0 Å². The molecular weight excluding hydrogens is 388 g/mol. The first-order valence-corrected chi connectivity index (χ1v) is 11.5. The van der Waals surface area contributed by atoms with Gasteiger partial charge in [0, 0.05) is 23.6 Å². The maximum absolute atomic E-state index is 12.2. The summed E-state index contributed by atoms with van der Waals surface area (Å²) < 4.78 is 0. The summed E-state index contributed by atoms with van der Waals surface area (Å²) in [7, 11) is 0. The number of rotatable bonds is 9. The molecule has 0 spiro atoms. The molecule has 0 radical (unpaired) electrons. The zero-order chi connectivity index (χ0) is 21.3. The lowest BCUT2D eigenvalue weighted by Crippen LogP contribution is -2.07. The van der Waals surface area contributed by atoms with Crippen molar-refractivity contribution < 1.29 is 4.79 Å². The molecule has 0 atom stereocenters. The van der Waals surface area contributed by atoms with Gasteiger partial charge < -0.3 is 0 Å². The summed E-state index contributed by atoms with van der Waals surface area (Å²) >= 11 is 1.52. The average Bonchev–Trinajstić information content (AvgIpc) is 3.18. The van der Waals surface area contributed by atoms with Crippen molar-refractivity contribution in [1.29, 1.82) is 0 Å². The van der Waals surface area contributed by atoms with E-state index in [9.17, 15) is 4.79 Å². The van der Waals surface area contributed by atoms with Crippen LogP contribution in [-0.2, 0) is 17.6 Å². The Labute approximate surface area is 183 Å². The molecule has 30 heavy (non-hydrogen) atoms. The van der Waals surface area contributed by atoms with Crippen molar-refractivity contribution in [2.24, 2.45) is 0 Å². The number of aromatic nitrogens is 1. The maximum Gasteiger partial charge on any atom is 0.250 e. The second kappa shape index (κ2) is 10.9. The number of benzene rings is 2. The van der Waals surface area contributed by atoms with E-state index in [1.54, 1.807) is 6.08 Å². The second-order valence-electron chi connectivity index (χ2n) is 7.87. The summed E-state index contributed by atoms with van der Waals surface area (Å²) in [6.45, 7) is 6.56. The van der Waals surface area contributed by atoms with Crippen molar-refractivity contribution in [3.63, 3.8) is 0 Å². The molecule has 0 saturated carbocycles. The Balaban J connectivity index is 1.52. The van der Waals surface area contributed by atoms with Crippen LogP contribution in [0, 0.1) is 0 Å². The largest absolute Gasteiger partial charge is 0.298 e. The predicted octanol–water partition coefficient (Wildman–Crippen LogP) is 6.85. The molecule has 4 heteroatoms. The van der Waals surface area contributed by atoms with Crippen molar-refractivity contribution >= 4 is 28.5 Å². The van der Waals surface area contributed by atoms with E-state index in [0.717, 1.165) is 23.3 Å². The highest BCUT2D eigenvalue weighted by molar-refractivity contribution is 7.15. The van der Waals surface area contributed by atoms with Gasteiger partial charge in [0.05, 0.1) is 0 Å². The molecule has 1 amide bonds. The summed E-state index contributed by atoms with van der Waals surface area (Å²) in [5.74, 6) is 0.341. The normalized spacial score (nSPS) is 11.3. The van der Waals surface area contributed by atoms with Crippen LogP contribution in [0.3, 0.4) is 0 Å². The number of hydrogen-bond donors (Lipinski definition) is 1. The number of nitrogens with one attached hydrogen (secondary N) is 1. The highest BCUT2D eigenvalue weighted by Gasteiger charge is 2.06. The molecule has 2 aromatic carbocycles. The van der Waals surface area contributed by atoms with E-state index in [1.807, 2.05) is 24.4 Å². The van der Waals surface area contributed by atoms with E-state index in [4.69, 9.17) is 0 Å². The average molecular weight is 419 g/mol. The van der Waals surface area contributed by atoms with E-state index >= 15 is 0 Å². The van der Waals surface area contributed by atoms with E-state index in [0.29, 0.717) is 11.0 Å². The molecule has 156 valence electrons. The van der Waals surface area contributed by atoms with Crippen LogP contribution in [0.15, 0.2) is 60.8 Å². The fraction of sp³-hybridized carbons (Fsp3) is 0.308. The van der Waals surface area contributed by atoms with Crippen LogP contribution >= 0.6 is 11.3 Å². The van der Waals surface area contributed by atoms with Crippen LogP contribution in [0.2, 0.25) is 0 Å². The second-order valence-corrected chi connectivity index (χ2v) is 8.99. The van der Waals surface area contributed by atoms with Crippen molar-refractivity contribution in [2.45, 2.75) is 52.4 Å². The Morgan fingerprint density at radius 3 is 2.43 bits per heavy atom. The number of anilines is 1. The quantitative estimate of drug-likeness (QED) is 0.386. The molecule has 3 aromatic rings. The minimum atomic E-state index is -0.163. The van der Waals surface area contributed by atoms with Gasteiger partial charge in [0.2, 0.25) is 5.91 Å². The van der Waals surface area contributed by atoms with Gasteiger partial charge in [0.15, 0.2) is 5.13 Å². The zero-order valence-corrected chi connectivity index (χ0v) is 18.8. The maximum atomic E-state index is 12.2. The topological polar surface area (TPSA) is 42.0 Å². The molecule has 1 heterocycles. The van der Waals surface area contributed by atoms with Gasteiger partial charge in [-0.05, 0) is 47.1 Å². The predicted molar refractivity (Wildman–Crippen MR) is 128 cm³/mol. The molecule has 1 aromatic heterocycles. The highest BCUT2D eigenvalue weighted by atomic mass is 32.1. The standard InChI is InChI=1S/C26H30N2OS/c1-4-5-6-20-7-9-22(10-8-20)17-24-18-27-26(30-24)28-25(29)16-13-21-11-14-23(15-12-21)19(2)3/h7-16,18-19H,4-6,17H2,1-3H3,(H,27,28,29)/b16-13+. The number of unbranched alkanes of at least 4 members (excludes halogenated alkanes) is 1. The van der Waals surface area contributed by atoms with Crippen molar-refractivity contribution in [1.82, 2.24) is 4.98 Å². The smallest absolute Gasteiger partial charge is 0.250 e. The molecule has 0 aliphatic rings. The fourth-order valence-corrected chi connectivity index (χ4v) is 4.01. The van der Waals surface area contributed by atoms with Crippen LogP contribution in [0.4, 0.5) is 5.13 Å². The summed E-state index contributed by atoms with van der Waals surface area (Å²) in [6, 6.07) is 17.1. The lowest BCUT2D eigenvalue weighted by atomic mass is 10.0. The molecule has 0 aliphatic heterocycles. The summed E-state index contributed by atoms with van der Waals surface area (Å²) in [6.07, 6.45) is 9.66. The molecule has 0 saturated heterocycles. The zero-order valence-electron chi connectivity index (χ0n) is 18.0. The minimum Gasteiger partial charge on any atom is -0.298 e. The number of carbonyl (C=O) groups excluding carboxylic acids is 1. The highest BCUT2D eigenvalue weighted by Crippen LogP contribution is 2.22. The Morgan fingerprint density at radius 2 is 1.77 bits per heavy atom. The first-order valence-electron chi connectivity index (χ1n) is 10.6. The van der Waals surface area contributed by atoms with Gasteiger partial charge in [-0.3, -0.25) is 10.1 Å². The van der Waals surface area contributed by atoms with Gasteiger partial charge in [0.1, 0.15) is 0 Å². The van der Waals surface area contributed by atoms with Crippen LogP contribution in [0.5, 0.6) is 0 Å². The van der Waals surface area contributed by atoms with Crippen LogP contribution in [-0.4, -0.2) is 10.9 Å². The third-order valence-electron chi connectivity index (χ3n) is 5.03. The van der Waals surface area contributed by atoms with Gasteiger partial charge in [-0.1, -0.05) is 75.7 Å². The number of nitrogens with zero attached hydrogens (tertiary/aromatic N) is 1. The SMILES string of the molecule is CCCCc1ccc(Cc2cnc(NC(=O)/C=C/c3ccc(C(C)C)cc3)s2)cc1. The van der Waals surface area contributed by atoms with Crippen LogP contribution in [0.1, 0.15) is 66.7 Å². The molecule has 0 bridgehead atoms. The number of amides is 1. The molecule has 0 fully saturated rings. The van der Waals surface area contributed by atoms with Crippen LogP contribution in [0.25, 0.3) is 6.08 Å². The van der Waals surface area contributed by atoms with Crippen molar-refractivity contribution in [3.8, 4) is 0 Å². The number of aryl methyl sites for hydroxylation is 1. The van der Waals surface area contributed by atoms with Gasteiger partial charge in [-0.2, -0.15) is 0 Å². The molecular formula is C26H30N2OS. The van der Waals surface area contributed by atoms with E-state index in [-0.39, 0.29) is 5.91 Å². The molecule has 0 aliphatic carbocycles. The Hall–Kier alpha value is -2.72. The Kier molecular flexibility index (Phi) is 7.97. The summed E-state index contributed by atoms with van der Waals surface area (Å²) in [5, 5.41) is 3.50. The van der Waals surface area contributed by atoms with Gasteiger partial charge in [-0.25, -0.2) is 4.98 Å². The molecule has 3 nitrogen and oxygen atoms in total. The molecule has 1 N–H and O–H groups in total. The first kappa shape index (κ1) is 22.0. The summed E-state index contributed by atoms with van der Waals surface area (Å²) in [5.41, 5.74) is 4.96. The van der Waals surface area contributed by atoms with Gasteiger partial charge >= 0.3 is 0 Å². The number of hydrogen-bond acceptors (Lipinski definition) is 3. The van der Waals surface area contributed by atoms with Crippen molar-refractivity contribution in [3.05, 3.63) is 87.9 Å². The fourth-order valence-electron chi connectivity index (χ4n) is 3.16. The lowest BCUT2D eigenvalue weighted by molar-refractivity contribution is -0.111. The van der Waals surface area contributed by atoms with E-state index in [2.05, 4.69) is 67.5 Å². The van der Waals surface area contributed by atoms with E-state index < -0.39 is 0 Å². The Morgan fingerprint density at radius 1 is 1.07 bits per heavy atom. The van der Waals surface area contributed by atoms with Crippen LogP contribution < -0.4 is 5.32 Å². The van der Waals surface area contributed by atoms with Crippen molar-refractivity contribution in [2.75, 3.05) is 5.32 Å². The Bertz CT molecular complexity index is 969.